The third kappa shape index (κ3) is 29.1. The number of aromatic amines is 1. The zero-order chi connectivity index (χ0) is 72.3. The van der Waals surface area contributed by atoms with Gasteiger partial charge >= 0.3 is 11.9 Å². The lowest BCUT2D eigenvalue weighted by atomic mass is 9.83. The highest BCUT2D eigenvalue weighted by atomic mass is 33.1. The minimum Gasteiger partial charge on any atom is -0.481 e. The summed E-state index contributed by atoms with van der Waals surface area (Å²) in [4.78, 5) is 188. The first kappa shape index (κ1) is 80.4. The van der Waals surface area contributed by atoms with Crippen LogP contribution in [0.15, 0.2) is 62.8 Å². The summed E-state index contributed by atoms with van der Waals surface area (Å²) in [5.41, 5.74) is 52.6. The zero-order valence-corrected chi connectivity index (χ0v) is 55.5. The van der Waals surface area contributed by atoms with Crippen LogP contribution in [0, 0.1) is 0 Å². The molecule has 9 atom stereocenters. The molecule has 98 heavy (non-hydrogen) atoms. The molecule has 1 aromatic heterocycles. The topological polar surface area (TPSA) is 678 Å². The van der Waals surface area contributed by atoms with Gasteiger partial charge in [0.05, 0.1) is 36.6 Å². The highest BCUT2D eigenvalue weighted by molar-refractivity contribution is 8.77. The van der Waals surface area contributed by atoms with Gasteiger partial charge in [0.25, 0.3) is 0 Å². The molecule has 1 aliphatic heterocycles. The van der Waals surface area contributed by atoms with E-state index in [1.165, 1.54) is 36.8 Å². The molecule has 1 spiro atoms. The van der Waals surface area contributed by atoms with Gasteiger partial charge in [-0.3, -0.25) is 78.0 Å². The van der Waals surface area contributed by atoms with E-state index >= 15 is 0 Å². The number of guanidine groups is 4. The van der Waals surface area contributed by atoms with E-state index in [9.17, 15) is 67.7 Å². The number of nitrogens with one attached hydrogen (secondary N) is 11. The lowest BCUT2D eigenvalue weighted by molar-refractivity contribution is -0.142. The summed E-state index contributed by atoms with van der Waals surface area (Å²) in [6.07, 6.45) is 3.97. The molecule has 1 aromatic carbocycles. The fraction of sp³-hybridized carbons (Fsp3) is 0.561. The Labute approximate surface area is 571 Å². The molecule has 39 nitrogen and oxygen atoms in total. The number of nitrogens with two attached hydrogens (primary N) is 9. The fourth-order valence-electron chi connectivity index (χ4n) is 9.98. The quantitative estimate of drug-likeness (QED) is 0.0253. The van der Waals surface area contributed by atoms with Gasteiger partial charge in [0.2, 0.25) is 59.1 Å². The maximum atomic E-state index is 14.8. The molecule has 41 heteroatoms. The van der Waals surface area contributed by atoms with Crippen molar-refractivity contribution in [1.82, 2.24) is 63.1 Å². The second-order valence-electron chi connectivity index (χ2n) is 22.8. The van der Waals surface area contributed by atoms with Crippen LogP contribution < -0.4 is 105 Å². The number of hydrogen-bond acceptors (Lipinski definition) is 22. The van der Waals surface area contributed by atoms with Gasteiger partial charge in [-0.2, -0.15) is 0 Å². The van der Waals surface area contributed by atoms with Crippen LogP contribution in [0.3, 0.4) is 0 Å². The van der Waals surface area contributed by atoms with E-state index in [-0.39, 0.29) is 119 Å². The monoisotopic (exact) mass is 1410 g/mol. The van der Waals surface area contributed by atoms with Crippen LogP contribution in [-0.4, -0.2) is 213 Å². The lowest BCUT2D eigenvalue weighted by Crippen LogP contribution is -2.58. The zero-order valence-electron chi connectivity index (χ0n) is 53.8. The van der Waals surface area contributed by atoms with E-state index in [1.807, 2.05) is 0 Å². The SMILES string of the molecule is NC(N)=NCCC[C@H](NC(=O)[C@@H]1CSSC2(CCCCC2)[C@@H](N)C(=O)NC(N)=NCCC[C@H](N)C(=O)NCC(=O)N[C@H](Cc2cnc[nH]2)C(=O)N[C@@H](CCCN=C(N)N)C(=O)NCC(=O)N[C@@H](CC(=O)O)C(=O)N[C@@H](c2ccccc2)C(=O)N[C@@H](CCCN=C(N)N)C(=O)N1)C(=O)O. The van der Waals surface area contributed by atoms with Gasteiger partial charge in [0, 0.05) is 50.2 Å². The predicted octanol–water partition coefficient (Wildman–Crippen LogP) is -7.37. The molecular weight excluding hydrogens is 1320 g/mol. The summed E-state index contributed by atoms with van der Waals surface area (Å²) in [5.74, 6) is -14.2. The summed E-state index contributed by atoms with van der Waals surface area (Å²) >= 11 is 0. The Morgan fingerprint density at radius 3 is 1.80 bits per heavy atom. The fourth-order valence-corrected chi connectivity index (χ4v) is 13.4. The molecule has 2 aromatic rings. The Bertz CT molecular complexity index is 3160. The van der Waals surface area contributed by atoms with Gasteiger partial charge in [-0.25, -0.2) is 9.78 Å². The summed E-state index contributed by atoms with van der Waals surface area (Å²) in [6.45, 7) is -1.75. The van der Waals surface area contributed by atoms with E-state index in [4.69, 9.17) is 51.6 Å². The molecule has 4 rings (SSSR count). The molecule has 1 saturated carbocycles. The van der Waals surface area contributed by atoms with Crippen molar-refractivity contribution in [3.63, 3.8) is 0 Å². The van der Waals surface area contributed by atoms with Crippen molar-refractivity contribution in [3.05, 3.63) is 54.1 Å². The Kier molecular flexibility index (Phi) is 34.3. The van der Waals surface area contributed by atoms with E-state index in [0.29, 0.717) is 31.4 Å². The smallest absolute Gasteiger partial charge is 0.326 e. The number of aliphatic imine (C=N–C) groups is 4. The molecule has 31 N–H and O–H groups in total. The molecule has 540 valence electrons. The number of carbonyl (C=O) groups is 12. The van der Waals surface area contributed by atoms with Gasteiger partial charge in [-0.1, -0.05) is 71.2 Å². The molecule has 2 heterocycles. The van der Waals surface area contributed by atoms with Crippen LogP contribution in [0.2, 0.25) is 0 Å². The highest BCUT2D eigenvalue weighted by Gasteiger charge is 2.44. The largest absolute Gasteiger partial charge is 0.481 e. The van der Waals surface area contributed by atoms with Gasteiger partial charge in [-0.15, -0.1) is 0 Å². The first-order chi connectivity index (χ1) is 46.6. The van der Waals surface area contributed by atoms with Crippen LogP contribution in [0.4, 0.5) is 0 Å². The molecular formula is C57H91N25O14S2. The number of hydrogen-bond donors (Lipinski definition) is 22. The van der Waals surface area contributed by atoms with Crippen molar-refractivity contribution in [2.24, 2.45) is 71.6 Å². The number of rotatable bonds is 20. The number of amides is 10. The van der Waals surface area contributed by atoms with Gasteiger partial charge in [-0.05, 0) is 69.8 Å². The maximum Gasteiger partial charge on any atom is 0.326 e. The van der Waals surface area contributed by atoms with Crippen LogP contribution in [-0.2, 0) is 64.0 Å². The van der Waals surface area contributed by atoms with Gasteiger partial charge in [0.1, 0.15) is 48.3 Å². The molecule has 0 radical (unpaired) electrons. The summed E-state index contributed by atoms with van der Waals surface area (Å²) < 4.78 is -1.02. The number of aromatic nitrogens is 2. The highest BCUT2D eigenvalue weighted by Crippen LogP contribution is 2.48. The third-order valence-electron chi connectivity index (χ3n) is 15.1. The minimum absolute atomic E-state index is 0.000614. The second kappa shape index (κ2) is 41.8. The Morgan fingerprint density at radius 1 is 0.653 bits per heavy atom. The molecule has 1 fully saturated rings. The van der Waals surface area contributed by atoms with Crippen molar-refractivity contribution in [1.29, 1.82) is 0 Å². The van der Waals surface area contributed by atoms with Crippen molar-refractivity contribution in [2.75, 3.05) is 45.0 Å². The molecule has 10 amide bonds. The molecule has 0 bridgehead atoms. The molecule has 2 aliphatic rings. The van der Waals surface area contributed by atoms with Crippen molar-refractivity contribution < 1.29 is 67.7 Å². The first-order valence-corrected chi connectivity index (χ1v) is 33.6. The number of nitrogens with zero attached hydrogens (tertiary/aromatic N) is 5. The number of imidazole rings is 1. The maximum absolute atomic E-state index is 14.8. The Hall–Kier alpha value is -10.0. The Balaban J connectivity index is 1.79. The normalized spacial score (nSPS) is 23.2. The van der Waals surface area contributed by atoms with Crippen LogP contribution in [0.5, 0.6) is 0 Å². The summed E-state index contributed by atoms with van der Waals surface area (Å²) in [7, 11) is 2.19. The number of carboxylic acids is 2. The summed E-state index contributed by atoms with van der Waals surface area (Å²) in [6, 6.07) is -6.39. The lowest BCUT2D eigenvalue weighted by Gasteiger charge is -2.40. The number of benzene rings is 1. The average Bonchev–Trinajstić information content (AvgIpc) is 0.871. The van der Waals surface area contributed by atoms with Crippen molar-refractivity contribution in [2.45, 2.75) is 155 Å². The summed E-state index contributed by atoms with van der Waals surface area (Å²) in [5, 5.41) is 44.9. The molecule has 0 saturated heterocycles. The number of H-pyrrole nitrogens is 1. The third-order valence-corrected chi connectivity index (χ3v) is 18.4. The second-order valence-corrected chi connectivity index (χ2v) is 25.6. The first-order valence-electron chi connectivity index (χ1n) is 31.3. The standard InChI is InChI=1S/C57H91N25O14S2/c58-32-13-7-22-71-56(66)82-51(94)43(59)57(17-5-2-6-18-57)98-97-28-38(49(92)79-35(52(95)96)16-10-21-70-55(64)65)80-46(89)34(15-9-20-69-54(62)63)78-50(93)42(30-11-3-1-4-12-30)81-48(91)37(24-41(85)86)76-40(84)27-73-45(88)33(14-8-19-68-53(60)61)77-47(90)36(23-31-25-67-29-74-31)75-39(83)26-72-44(32)87/h1,3-4,11-12,25,29,32-38,42-43H,2,5-10,13-24,26-28,58-59H2,(H,67,74)(H,72,87)(H,73,88)(H,75,83)(H,76,84)(H,77,90)(H,78,93)(H,79,92)(H,80,89)(H,81,91)(H,85,86)(H,95,96)(H4,60,61,68)(H4,62,63,69)(H4,64,65,70)(H3,66,71,82,94)/t32-,33-,34-,35-,36+,37-,38-,42-,43-/m0/s1. The van der Waals surface area contributed by atoms with E-state index in [0.717, 1.165) is 28.0 Å². The number of aliphatic carboxylic acids is 2. The Morgan fingerprint density at radius 2 is 1.21 bits per heavy atom. The van der Waals surface area contributed by atoms with E-state index in [2.05, 4.69) is 83.1 Å². The van der Waals surface area contributed by atoms with Crippen molar-refractivity contribution >= 4 is 116 Å². The van der Waals surface area contributed by atoms with Crippen LogP contribution in [0.25, 0.3) is 0 Å². The molecule has 1 aliphatic carbocycles. The van der Waals surface area contributed by atoms with E-state index < -0.39 is 150 Å². The average molecular weight is 1410 g/mol. The molecule has 0 unspecified atom stereocenters. The van der Waals surface area contributed by atoms with E-state index in [1.54, 1.807) is 6.07 Å². The minimum atomic E-state index is -1.96. The van der Waals surface area contributed by atoms with Gasteiger partial charge in [0.15, 0.2) is 23.8 Å². The van der Waals surface area contributed by atoms with Crippen molar-refractivity contribution in [3.8, 4) is 0 Å². The number of carbonyl (C=O) groups excluding carboxylic acids is 10. The predicted molar refractivity (Wildman–Crippen MR) is 363 cm³/mol. The van der Waals surface area contributed by atoms with Crippen LogP contribution in [0.1, 0.15) is 107 Å². The van der Waals surface area contributed by atoms with Gasteiger partial charge < -0.3 is 115 Å². The number of carboxylic acid groups (broad SMARTS) is 2. The van der Waals surface area contributed by atoms with Crippen LogP contribution >= 0.6 is 21.6 Å².